The van der Waals surface area contributed by atoms with E-state index in [1.165, 1.54) is 13.8 Å². The predicted molar refractivity (Wildman–Crippen MR) is 73.2 cm³/mol. The predicted octanol–water partition coefficient (Wildman–Crippen LogP) is -1.25. The fourth-order valence-electron chi connectivity index (χ4n) is 5.09. The van der Waals surface area contributed by atoms with E-state index in [1.807, 2.05) is 0 Å². The molecule has 0 heterocycles. The van der Waals surface area contributed by atoms with Crippen LogP contribution in [-0.2, 0) is 0 Å². The van der Waals surface area contributed by atoms with Crippen molar-refractivity contribution in [2.45, 2.75) is 76.2 Å². The molecule has 0 aliphatic heterocycles. The second kappa shape index (κ2) is 3.05. The first-order valence-corrected chi connectivity index (χ1v) is 7.32. The summed E-state index contributed by atoms with van der Waals surface area (Å²) in [4.78, 5) is 0. The van der Waals surface area contributed by atoms with Crippen LogP contribution in [0.3, 0.4) is 0 Å². The highest BCUT2D eigenvalue weighted by Gasteiger charge is 3.06. The monoisotopic (exact) mass is 302 g/mol. The molecule has 122 valence electrons. The minimum Gasteiger partial charge on any atom is -0.389 e. The first-order chi connectivity index (χ1) is 9.06. The van der Waals surface area contributed by atoms with Crippen molar-refractivity contribution in [2.24, 2.45) is 16.2 Å². The molecule has 0 spiro atoms. The van der Waals surface area contributed by atoms with Crippen molar-refractivity contribution in [3.05, 3.63) is 0 Å². The molecule has 3 rings (SSSR count). The minimum absolute atomic E-state index is 1.01. The summed E-state index contributed by atoms with van der Waals surface area (Å²) in [5.41, 5.74) is -11.4. The van der Waals surface area contributed by atoms with Gasteiger partial charge in [0.15, 0.2) is 0 Å². The third-order valence-corrected chi connectivity index (χ3v) is 7.33. The average molecular weight is 302 g/mol. The van der Waals surface area contributed by atoms with Crippen LogP contribution in [0.4, 0.5) is 0 Å². The highest BCUT2D eigenvalue weighted by Crippen LogP contribution is 2.85. The lowest BCUT2D eigenvalue weighted by molar-refractivity contribution is -0.153. The van der Waals surface area contributed by atoms with Crippen LogP contribution < -0.4 is 0 Å². The Labute approximate surface area is 124 Å². The van der Waals surface area contributed by atoms with Crippen molar-refractivity contribution in [2.75, 3.05) is 0 Å². The summed E-state index contributed by atoms with van der Waals surface area (Å²) in [6.07, 6.45) is -2.43. The molecule has 6 nitrogen and oxygen atoms in total. The molecular weight excluding hydrogens is 276 g/mol. The zero-order valence-corrected chi connectivity index (χ0v) is 13.3. The van der Waals surface area contributed by atoms with Gasteiger partial charge in [0.1, 0.15) is 22.4 Å². The Bertz CT molecular complexity index is 496. The Hall–Kier alpha value is -0.240. The molecule has 0 radical (unpaired) electrons. The molecule has 3 aliphatic rings. The zero-order chi connectivity index (χ0) is 16.7. The summed E-state index contributed by atoms with van der Waals surface area (Å²) in [6.45, 7) is 9.38. The highest BCUT2D eigenvalue weighted by molar-refractivity contribution is 5.55. The van der Waals surface area contributed by atoms with Crippen LogP contribution in [0.1, 0.15) is 41.5 Å². The maximum atomic E-state index is 11.1. The van der Waals surface area contributed by atoms with Crippen molar-refractivity contribution < 1.29 is 30.6 Å². The molecule has 0 bridgehead atoms. The van der Waals surface area contributed by atoms with E-state index < -0.39 is 50.9 Å². The number of hydrogen-bond acceptors (Lipinski definition) is 6. The zero-order valence-electron chi connectivity index (χ0n) is 13.3. The maximum absolute atomic E-state index is 11.1. The van der Waals surface area contributed by atoms with Crippen LogP contribution in [0.2, 0.25) is 0 Å². The van der Waals surface area contributed by atoms with Gasteiger partial charge in [-0.25, -0.2) is 0 Å². The normalized spacial score (nSPS) is 62.3. The number of aliphatic hydroxyl groups excluding tert-OH is 2. The van der Waals surface area contributed by atoms with Gasteiger partial charge in [0.25, 0.3) is 0 Å². The Morgan fingerprint density at radius 3 is 0.905 bits per heavy atom. The quantitative estimate of drug-likeness (QED) is 0.379. The van der Waals surface area contributed by atoms with Gasteiger partial charge in [-0.15, -0.1) is 0 Å². The van der Waals surface area contributed by atoms with Crippen LogP contribution in [0.15, 0.2) is 0 Å². The summed E-state index contributed by atoms with van der Waals surface area (Å²) in [7, 11) is 0. The van der Waals surface area contributed by atoms with Gasteiger partial charge in [0.2, 0.25) is 0 Å². The summed E-state index contributed by atoms with van der Waals surface area (Å²) >= 11 is 0. The van der Waals surface area contributed by atoms with Crippen molar-refractivity contribution in [1.29, 1.82) is 0 Å². The van der Waals surface area contributed by atoms with Crippen molar-refractivity contribution in [1.82, 2.24) is 0 Å². The third kappa shape index (κ3) is 0.956. The minimum atomic E-state index is -2.11. The molecule has 2 unspecified atom stereocenters. The Kier molecular flexibility index (Phi) is 2.27. The van der Waals surface area contributed by atoms with Crippen molar-refractivity contribution in [3.8, 4) is 0 Å². The first kappa shape index (κ1) is 15.6. The number of hydrogen-bond donors (Lipinski definition) is 6. The van der Waals surface area contributed by atoms with Gasteiger partial charge in [-0.3, -0.25) is 0 Å². The SMILES string of the molecule is CC1(C)[C@@](O)([C@]2(O)C(O)C2(C)C)[C@]1(O)[C@]1(O)C(O)C1(C)C. The molecule has 0 aromatic rings. The van der Waals surface area contributed by atoms with Gasteiger partial charge in [-0.05, 0) is 0 Å². The van der Waals surface area contributed by atoms with Crippen LogP contribution in [0.5, 0.6) is 0 Å². The Morgan fingerprint density at radius 1 is 0.571 bits per heavy atom. The smallest absolute Gasteiger partial charge is 0.137 e. The largest absolute Gasteiger partial charge is 0.389 e. The molecule has 21 heavy (non-hydrogen) atoms. The van der Waals surface area contributed by atoms with Gasteiger partial charge >= 0.3 is 0 Å². The highest BCUT2D eigenvalue weighted by atomic mass is 16.5. The summed E-state index contributed by atoms with van der Waals surface area (Å²) in [6, 6.07) is 0. The standard InChI is InChI=1S/C15H26O6/c1-9(2)7(16)12(9,18)14(20)11(5,6)15(14,21)13(19)8(17)10(13,3)4/h7-8,16-21H,1-6H3/t7?,8?,12-,13-,14+,15+/m0/s1. The molecule has 3 saturated carbocycles. The molecule has 6 N–H and O–H groups in total. The second-order valence-corrected chi connectivity index (χ2v) is 8.83. The Balaban J connectivity index is 2.12. The van der Waals surface area contributed by atoms with E-state index in [0.717, 1.165) is 0 Å². The molecular formula is C15H26O6. The van der Waals surface area contributed by atoms with E-state index in [-0.39, 0.29) is 0 Å². The number of aliphatic hydroxyl groups is 6. The van der Waals surface area contributed by atoms with E-state index in [9.17, 15) is 30.6 Å². The molecule has 0 aromatic heterocycles. The fourth-order valence-corrected chi connectivity index (χ4v) is 5.09. The van der Waals surface area contributed by atoms with E-state index in [4.69, 9.17) is 0 Å². The summed E-state index contributed by atoms with van der Waals surface area (Å²) < 4.78 is 0. The molecule has 0 saturated heterocycles. The van der Waals surface area contributed by atoms with Crippen LogP contribution in [0, 0.1) is 16.2 Å². The van der Waals surface area contributed by atoms with Gasteiger partial charge in [0.05, 0.1) is 12.2 Å². The van der Waals surface area contributed by atoms with Crippen LogP contribution in [0.25, 0.3) is 0 Å². The van der Waals surface area contributed by atoms with Crippen LogP contribution >= 0.6 is 0 Å². The fraction of sp³-hybridized carbons (Fsp3) is 1.00. The average Bonchev–Trinajstić information content (AvgIpc) is 3.07. The summed E-state index contributed by atoms with van der Waals surface area (Å²) in [5, 5.41) is 63.9. The van der Waals surface area contributed by atoms with Gasteiger partial charge in [-0.2, -0.15) is 0 Å². The topological polar surface area (TPSA) is 121 Å². The van der Waals surface area contributed by atoms with Crippen molar-refractivity contribution >= 4 is 0 Å². The number of rotatable bonds is 2. The van der Waals surface area contributed by atoms with Crippen molar-refractivity contribution in [3.63, 3.8) is 0 Å². The van der Waals surface area contributed by atoms with Gasteiger partial charge < -0.3 is 30.6 Å². The third-order valence-electron chi connectivity index (χ3n) is 7.33. The van der Waals surface area contributed by atoms with Crippen LogP contribution in [-0.4, -0.2) is 65.3 Å². The van der Waals surface area contributed by atoms with Gasteiger partial charge in [-0.1, -0.05) is 41.5 Å². The first-order valence-electron chi connectivity index (χ1n) is 7.32. The molecule has 6 atom stereocenters. The van der Waals surface area contributed by atoms with E-state index >= 15 is 0 Å². The lowest BCUT2D eigenvalue weighted by Crippen LogP contribution is -2.52. The van der Waals surface area contributed by atoms with E-state index in [1.54, 1.807) is 27.7 Å². The molecule has 6 heteroatoms. The molecule has 3 aliphatic carbocycles. The molecule has 3 fully saturated rings. The lowest BCUT2D eigenvalue weighted by Gasteiger charge is -2.29. The van der Waals surface area contributed by atoms with Gasteiger partial charge in [0, 0.05) is 16.2 Å². The maximum Gasteiger partial charge on any atom is 0.137 e. The molecule has 0 amide bonds. The Morgan fingerprint density at radius 2 is 0.762 bits per heavy atom. The van der Waals surface area contributed by atoms with E-state index in [2.05, 4.69) is 0 Å². The second-order valence-electron chi connectivity index (χ2n) is 8.83. The molecule has 0 aromatic carbocycles. The summed E-state index contributed by atoms with van der Waals surface area (Å²) in [5.74, 6) is 0. The van der Waals surface area contributed by atoms with E-state index in [0.29, 0.717) is 0 Å². The lowest BCUT2D eigenvalue weighted by atomic mass is 9.91.